The lowest BCUT2D eigenvalue weighted by Gasteiger charge is -2.28. The molecule has 17 heteroatoms. The van der Waals surface area contributed by atoms with Crippen molar-refractivity contribution in [3.63, 3.8) is 0 Å². The molecule has 11 N–H and O–H groups in total. The lowest BCUT2D eigenvalue weighted by atomic mass is 10.0. The fourth-order valence-electron chi connectivity index (χ4n) is 4.05. The number of hydrogen-bond acceptors (Lipinski definition) is 10. The molecule has 0 saturated carbocycles. The van der Waals surface area contributed by atoms with Crippen LogP contribution in [0.3, 0.4) is 0 Å². The molecule has 1 fully saturated rings. The van der Waals surface area contributed by atoms with E-state index in [1.807, 2.05) is 0 Å². The van der Waals surface area contributed by atoms with Crippen LogP contribution in [0.4, 0.5) is 0 Å². The highest BCUT2D eigenvalue weighted by molar-refractivity contribution is 5.97. The van der Waals surface area contributed by atoms with Gasteiger partial charge in [-0.15, -0.1) is 0 Å². The number of nitrogens with one attached hydrogen (secondary N) is 4. The second-order valence-electron chi connectivity index (χ2n) is 9.70. The zero-order chi connectivity index (χ0) is 30.6. The van der Waals surface area contributed by atoms with Crippen LogP contribution >= 0.6 is 0 Å². The van der Waals surface area contributed by atoms with Crippen molar-refractivity contribution in [2.75, 3.05) is 26.3 Å². The number of rotatable bonds is 16. The van der Waals surface area contributed by atoms with E-state index in [-0.39, 0.29) is 31.8 Å². The number of primary amides is 1. The molecule has 1 aliphatic rings. The van der Waals surface area contributed by atoms with Crippen LogP contribution in [-0.2, 0) is 33.6 Å². The molecule has 5 atom stereocenters. The van der Waals surface area contributed by atoms with Crippen molar-refractivity contribution in [1.82, 2.24) is 26.2 Å². The van der Waals surface area contributed by atoms with E-state index in [1.54, 1.807) is 13.8 Å². The van der Waals surface area contributed by atoms with Gasteiger partial charge in [-0.05, 0) is 25.2 Å². The summed E-state index contributed by atoms with van der Waals surface area (Å²) >= 11 is 0. The molecule has 5 unspecified atom stereocenters. The minimum absolute atomic E-state index is 0.0416. The van der Waals surface area contributed by atoms with Crippen molar-refractivity contribution in [1.29, 1.82) is 0 Å². The molecule has 1 saturated heterocycles. The Labute approximate surface area is 230 Å². The number of nitrogens with zero attached hydrogens (tertiary/aromatic N) is 1. The van der Waals surface area contributed by atoms with Crippen LogP contribution in [0.15, 0.2) is 0 Å². The van der Waals surface area contributed by atoms with Gasteiger partial charge in [0.2, 0.25) is 35.4 Å². The Bertz CT molecular complexity index is 960. The summed E-state index contributed by atoms with van der Waals surface area (Å²) in [5.74, 6) is -6.77. The first kappa shape index (κ1) is 34.2. The number of aliphatic hydroxyl groups excluding tert-OH is 2. The molecule has 1 rings (SSSR count). The molecule has 226 valence electrons. The molecular weight excluding hydrogens is 534 g/mol. The van der Waals surface area contributed by atoms with Crippen molar-refractivity contribution in [3.05, 3.63) is 0 Å². The van der Waals surface area contributed by atoms with E-state index >= 15 is 0 Å². The third-order valence-corrected chi connectivity index (χ3v) is 6.02. The second-order valence-corrected chi connectivity index (χ2v) is 9.70. The molecule has 0 bridgehead atoms. The summed E-state index contributed by atoms with van der Waals surface area (Å²) in [6.07, 6.45) is 0.0714. The van der Waals surface area contributed by atoms with Gasteiger partial charge in [0.25, 0.3) is 0 Å². The fraction of sp³-hybridized carbons (Fsp3) is 0.696. The average Bonchev–Trinajstić information content (AvgIpc) is 3.38. The van der Waals surface area contributed by atoms with Gasteiger partial charge in [-0.1, -0.05) is 13.8 Å². The molecule has 0 aliphatic carbocycles. The first-order valence-corrected chi connectivity index (χ1v) is 12.7. The number of aliphatic hydroxyl groups is 2. The number of carbonyl (C=O) groups excluding carboxylic acids is 6. The Morgan fingerprint density at radius 1 is 0.850 bits per heavy atom. The van der Waals surface area contributed by atoms with E-state index in [1.165, 1.54) is 0 Å². The number of carboxylic acid groups (broad SMARTS) is 1. The van der Waals surface area contributed by atoms with Gasteiger partial charge in [0.15, 0.2) is 0 Å². The third kappa shape index (κ3) is 10.4. The maximum atomic E-state index is 13.0. The minimum Gasteiger partial charge on any atom is -0.480 e. The number of hydrogen-bond donors (Lipinski definition) is 9. The molecule has 1 heterocycles. The molecule has 40 heavy (non-hydrogen) atoms. The molecular formula is C23H39N7O10. The van der Waals surface area contributed by atoms with Gasteiger partial charge in [-0.2, -0.15) is 0 Å². The van der Waals surface area contributed by atoms with Crippen molar-refractivity contribution in [3.8, 4) is 0 Å². The summed E-state index contributed by atoms with van der Waals surface area (Å²) < 4.78 is 0. The number of likely N-dealkylation sites (tertiary alicyclic amines) is 1. The van der Waals surface area contributed by atoms with E-state index in [0.29, 0.717) is 6.42 Å². The standard InChI is InChI=1S/C23H39N7O10/c1-11(2)6-12(26-18(34)8-24)19(35)28-15(10-32)21(37)29-14(9-31)20(36)27-13(7-17(25)33)22(38)30-5-3-4-16(30)23(39)40/h11-16,31-32H,3-10,24H2,1-2H3,(H2,25,33)(H,26,34)(H,27,36)(H,28,35)(H,29,37)(H,39,40). The lowest BCUT2D eigenvalue weighted by molar-refractivity contribution is -0.149. The minimum atomic E-state index is -1.70. The highest BCUT2D eigenvalue weighted by atomic mass is 16.4. The van der Waals surface area contributed by atoms with Crippen molar-refractivity contribution < 1.29 is 48.9 Å². The Balaban J connectivity index is 2.96. The van der Waals surface area contributed by atoms with Crippen LogP contribution in [-0.4, -0.2) is 118 Å². The van der Waals surface area contributed by atoms with E-state index in [9.17, 15) is 48.9 Å². The van der Waals surface area contributed by atoms with E-state index in [0.717, 1.165) is 4.90 Å². The molecule has 17 nitrogen and oxygen atoms in total. The normalized spacial score (nSPS) is 17.8. The molecule has 6 amide bonds. The molecule has 1 aliphatic heterocycles. The molecule has 0 aromatic rings. The Kier molecular flexibility index (Phi) is 13.9. The highest BCUT2D eigenvalue weighted by Crippen LogP contribution is 2.19. The highest BCUT2D eigenvalue weighted by Gasteiger charge is 2.39. The van der Waals surface area contributed by atoms with Crippen LogP contribution in [0, 0.1) is 5.92 Å². The first-order valence-electron chi connectivity index (χ1n) is 12.7. The predicted octanol–water partition coefficient (Wildman–Crippen LogP) is -5.13. The van der Waals surface area contributed by atoms with Crippen LogP contribution in [0.25, 0.3) is 0 Å². The fourth-order valence-corrected chi connectivity index (χ4v) is 4.05. The van der Waals surface area contributed by atoms with Gasteiger partial charge in [-0.3, -0.25) is 28.8 Å². The summed E-state index contributed by atoms with van der Waals surface area (Å²) in [5, 5.41) is 37.7. The van der Waals surface area contributed by atoms with Crippen molar-refractivity contribution in [2.24, 2.45) is 17.4 Å². The van der Waals surface area contributed by atoms with Crippen LogP contribution < -0.4 is 32.7 Å². The molecule has 0 spiro atoms. The summed E-state index contributed by atoms with van der Waals surface area (Å²) in [4.78, 5) is 86.9. The Morgan fingerprint density at radius 3 is 1.77 bits per heavy atom. The molecule has 0 aromatic heterocycles. The van der Waals surface area contributed by atoms with Crippen molar-refractivity contribution in [2.45, 2.75) is 69.7 Å². The van der Waals surface area contributed by atoms with Crippen molar-refractivity contribution >= 4 is 41.4 Å². The quantitative estimate of drug-likeness (QED) is 0.0841. The summed E-state index contributed by atoms with van der Waals surface area (Å²) in [6.45, 7) is 1.38. The Morgan fingerprint density at radius 2 is 1.35 bits per heavy atom. The average molecular weight is 574 g/mol. The summed E-state index contributed by atoms with van der Waals surface area (Å²) in [6, 6.07) is -7.10. The predicted molar refractivity (Wildman–Crippen MR) is 137 cm³/mol. The number of amides is 6. The van der Waals surface area contributed by atoms with Gasteiger partial charge in [-0.25, -0.2) is 4.79 Å². The maximum absolute atomic E-state index is 13.0. The zero-order valence-corrected chi connectivity index (χ0v) is 22.4. The SMILES string of the molecule is CC(C)CC(NC(=O)CN)C(=O)NC(CO)C(=O)NC(CO)C(=O)NC(CC(N)=O)C(=O)N1CCCC1C(=O)O. The number of nitrogens with two attached hydrogens (primary N) is 2. The van der Waals surface area contributed by atoms with Gasteiger partial charge < -0.3 is 53.0 Å². The largest absolute Gasteiger partial charge is 0.480 e. The maximum Gasteiger partial charge on any atom is 0.326 e. The zero-order valence-electron chi connectivity index (χ0n) is 22.4. The monoisotopic (exact) mass is 573 g/mol. The van der Waals surface area contributed by atoms with Gasteiger partial charge in [0, 0.05) is 6.54 Å². The van der Waals surface area contributed by atoms with E-state index in [4.69, 9.17) is 11.5 Å². The van der Waals surface area contributed by atoms with Crippen LogP contribution in [0.2, 0.25) is 0 Å². The van der Waals surface area contributed by atoms with E-state index < -0.39 is 91.3 Å². The second kappa shape index (κ2) is 16.3. The summed E-state index contributed by atoms with van der Waals surface area (Å²) in [5.41, 5.74) is 10.5. The molecule has 0 aromatic carbocycles. The number of carboxylic acids is 1. The molecule has 0 radical (unpaired) electrons. The van der Waals surface area contributed by atoms with E-state index in [2.05, 4.69) is 21.3 Å². The van der Waals surface area contributed by atoms with Gasteiger partial charge >= 0.3 is 5.97 Å². The third-order valence-electron chi connectivity index (χ3n) is 6.02. The summed E-state index contributed by atoms with van der Waals surface area (Å²) in [7, 11) is 0. The number of aliphatic carboxylic acids is 1. The van der Waals surface area contributed by atoms with Crippen LogP contribution in [0.5, 0.6) is 0 Å². The van der Waals surface area contributed by atoms with Crippen LogP contribution in [0.1, 0.15) is 39.5 Å². The van der Waals surface area contributed by atoms with Gasteiger partial charge in [0.05, 0.1) is 26.2 Å². The topological polar surface area (TPSA) is 284 Å². The lowest BCUT2D eigenvalue weighted by Crippen LogP contribution is -2.60. The smallest absolute Gasteiger partial charge is 0.326 e. The first-order chi connectivity index (χ1) is 18.7. The number of carbonyl (C=O) groups is 7. The Hall–Kier alpha value is -3.83. The van der Waals surface area contributed by atoms with Gasteiger partial charge in [0.1, 0.15) is 30.2 Å².